The number of ether oxygens (including phenoxy) is 3. The van der Waals surface area contributed by atoms with Crippen molar-refractivity contribution >= 4 is 29.5 Å². The molecule has 1 N–H and O–H groups in total. The Morgan fingerprint density at radius 1 is 1.03 bits per heavy atom. The molecule has 29 heavy (non-hydrogen) atoms. The molecule has 1 aromatic rings. The van der Waals surface area contributed by atoms with Crippen molar-refractivity contribution in [3.05, 3.63) is 39.9 Å². The van der Waals surface area contributed by atoms with Gasteiger partial charge in [0.15, 0.2) is 5.92 Å². The van der Waals surface area contributed by atoms with Crippen LogP contribution in [0.1, 0.15) is 12.5 Å². The summed E-state index contributed by atoms with van der Waals surface area (Å²) in [5.74, 6) is -5.97. The number of rotatable bonds is 9. The average Bonchev–Trinajstić information content (AvgIpc) is 2.71. The second-order valence-corrected chi connectivity index (χ2v) is 6.06. The van der Waals surface area contributed by atoms with Crippen LogP contribution in [0.3, 0.4) is 0 Å². The first-order valence-corrected chi connectivity index (χ1v) is 8.42. The standard InChI is InChI=1S/C18H22N2O9/c1-10(14(16(22)27-2)17(23)28-3)15(18(24)29-4)19-13(21)9-11-6-5-7-12(8-11)20(25)26/h5-8,10,14-15H,9H2,1-4H3,(H,19,21)/t10-,15+/m0/s1. The number of esters is 3. The quantitative estimate of drug-likeness (QED) is 0.200. The van der Waals surface area contributed by atoms with Gasteiger partial charge < -0.3 is 19.5 Å². The lowest BCUT2D eigenvalue weighted by atomic mass is 9.87. The van der Waals surface area contributed by atoms with Crippen molar-refractivity contribution in [1.29, 1.82) is 0 Å². The van der Waals surface area contributed by atoms with E-state index in [1.165, 1.54) is 31.2 Å². The summed E-state index contributed by atoms with van der Waals surface area (Å²) in [5.41, 5.74) is 0.148. The zero-order valence-electron chi connectivity index (χ0n) is 16.4. The lowest BCUT2D eigenvalue weighted by molar-refractivity contribution is -0.384. The highest BCUT2D eigenvalue weighted by Gasteiger charge is 2.42. The van der Waals surface area contributed by atoms with Gasteiger partial charge in [-0.15, -0.1) is 0 Å². The van der Waals surface area contributed by atoms with E-state index in [1.54, 1.807) is 0 Å². The van der Waals surface area contributed by atoms with Gasteiger partial charge in [0.05, 0.1) is 32.7 Å². The molecule has 0 saturated carbocycles. The van der Waals surface area contributed by atoms with Crippen molar-refractivity contribution in [3.8, 4) is 0 Å². The van der Waals surface area contributed by atoms with Crippen LogP contribution in [-0.4, -0.2) is 56.1 Å². The number of non-ortho nitro benzene ring substituents is 1. The van der Waals surface area contributed by atoms with Gasteiger partial charge in [-0.2, -0.15) is 0 Å². The fourth-order valence-corrected chi connectivity index (χ4v) is 2.69. The second kappa shape index (κ2) is 10.7. The predicted octanol–water partition coefficient (Wildman–Crippen LogP) is 0.393. The number of carbonyl (C=O) groups is 4. The number of hydrogen-bond acceptors (Lipinski definition) is 9. The Morgan fingerprint density at radius 2 is 1.59 bits per heavy atom. The van der Waals surface area contributed by atoms with E-state index in [-0.39, 0.29) is 12.1 Å². The number of nitrogens with one attached hydrogen (secondary N) is 1. The van der Waals surface area contributed by atoms with E-state index in [0.29, 0.717) is 5.56 Å². The first kappa shape index (κ1) is 23.5. The molecule has 0 aliphatic heterocycles. The first-order chi connectivity index (χ1) is 13.7. The minimum absolute atomic E-state index is 0.190. The maximum atomic E-state index is 12.4. The van der Waals surface area contributed by atoms with Crippen LogP contribution in [0.25, 0.3) is 0 Å². The molecule has 0 unspecified atom stereocenters. The molecule has 11 heteroatoms. The number of nitro groups is 1. The third-order valence-corrected chi connectivity index (χ3v) is 4.22. The van der Waals surface area contributed by atoms with Crippen molar-refractivity contribution in [2.24, 2.45) is 11.8 Å². The topological polar surface area (TPSA) is 151 Å². The number of carbonyl (C=O) groups excluding carboxylic acids is 4. The number of nitro benzene ring substituents is 1. The maximum Gasteiger partial charge on any atom is 0.328 e. The van der Waals surface area contributed by atoms with Crippen LogP contribution in [0.5, 0.6) is 0 Å². The minimum Gasteiger partial charge on any atom is -0.468 e. The van der Waals surface area contributed by atoms with Crippen LogP contribution in [0.4, 0.5) is 5.69 Å². The summed E-state index contributed by atoms with van der Waals surface area (Å²) in [4.78, 5) is 58.8. The molecule has 0 aromatic heterocycles. The Balaban J connectivity index is 3.06. The van der Waals surface area contributed by atoms with Gasteiger partial charge in [0.25, 0.3) is 5.69 Å². The molecule has 1 amide bonds. The van der Waals surface area contributed by atoms with Gasteiger partial charge in [-0.3, -0.25) is 24.5 Å². The molecule has 0 radical (unpaired) electrons. The van der Waals surface area contributed by atoms with Gasteiger partial charge >= 0.3 is 17.9 Å². The van der Waals surface area contributed by atoms with Crippen molar-refractivity contribution in [2.75, 3.05) is 21.3 Å². The van der Waals surface area contributed by atoms with Gasteiger partial charge in [-0.05, 0) is 5.56 Å². The molecule has 0 saturated heterocycles. The Bertz CT molecular complexity index is 777. The predicted molar refractivity (Wildman–Crippen MR) is 97.4 cm³/mol. The third-order valence-electron chi connectivity index (χ3n) is 4.22. The molecule has 0 heterocycles. The number of benzene rings is 1. The van der Waals surface area contributed by atoms with E-state index in [9.17, 15) is 29.3 Å². The SMILES string of the molecule is COC(=O)C(C(=O)OC)[C@H](C)[C@@H](NC(=O)Cc1cccc([N+](=O)[O-])c1)C(=O)OC. The Labute approximate surface area is 166 Å². The number of nitrogens with zero attached hydrogens (tertiary/aromatic N) is 1. The second-order valence-electron chi connectivity index (χ2n) is 6.06. The number of amides is 1. The summed E-state index contributed by atoms with van der Waals surface area (Å²) in [6.45, 7) is 1.38. The summed E-state index contributed by atoms with van der Waals surface area (Å²) in [6.07, 6.45) is -0.275. The smallest absolute Gasteiger partial charge is 0.328 e. The zero-order chi connectivity index (χ0) is 22.1. The molecule has 2 atom stereocenters. The van der Waals surface area contributed by atoms with E-state index in [0.717, 1.165) is 21.3 Å². The van der Waals surface area contributed by atoms with Crippen LogP contribution in [0.2, 0.25) is 0 Å². The van der Waals surface area contributed by atoms with Crippen LogP contribution < -0.4 is 5.32 Å². The fraction of sp³-hybridized carbons (Fsp3) is 0.444. The zero-order valence-corrected chi connectivity index (χ0v) is 16.4. The molecular formula is C18H22N2O9. The molecule has 158 valence electrons. The molecule has 0 bridgehead atoms. The van der Waals surface area contributed by atoms with Crippen molar-refractivity contribution < 1.29 is 38.3 Å². The lowest BCUT2D eigenvalue weighted by Crippen LogP contribution is -2.51. The highest BCUT2D eigenvalue weighted by atomic mass is 16.6. The average molecular weight is 410 g/mol. The molecule has 11 nitrogen and oxygen atoms in total. The molecule has 0 aliphatic carbocycles. The van der Waals surface area contributed by atoms with Crippen molar-refractivity contribution in [3.63, 3.8) is 0 Å². The van der Waals surface area contributed by atoms with Crippen LogP contribution in [-0.2, 0) is 39.8 Å². The van der Waals surface area contributed by atoms with Gasteiger partial charge in [-0.1, -0.05) is 19.1 Å². The van der Waals surface area contributed by atoms with Crippen molar-refractivity contribution in [1.82, 2.24) is 5.32 Å². The van der Waals surface area contributed by atoms with E-state index >= 15 is 0 Å². The summed E-state index contributed by atoms with van der Waals surface area (Å²) < 4.78 is 13.8. The number of hydrogen-bond donors (Lipinski definition) is 1. The third kappa shape index (κ3) is 6.26. The maximum absolute atomic E-state index is 12.4. The normalized spacial score (nSPS) is 12.4. The van der Waals surface area contributed by atoms with Gasteiger partial charge in [0, 0.05) is 18.1 Å². The fourth-order valence-electron chi connectivity index (χ4n) is 2.69. The van der Waals surface area contributed by atoms with E-state index in [1.807, 2.05) is 0 Å². The summed E-state index contributed by atoms with van der Waals surface area (Å²) >= 11 is 0. The highest BCUT2D eigenvalue weighted by molar-refractivity contribution is 5.96. The summed E-state index contributed by atoms with van der Waals surface area (Å²) in [6, 6.07) is 4.06. The van der Waals surface area contributed by atoms with E-state index in [2.05, 4.69) is 19.5 Å². The van der Waals surface area contributed by atoms with Crippen LogP contribution in [0, 0.1) is 22.0 Å². The highest BCUT2D eigenvalue weighted by Crippen LogP contribution is 2.21. The minimum atomic E-state index is -1.48. The molecule has 1 rings (SSSR count). The van der Waals surface area contributed by atoms with Gasteiger partial charge in [0.1, 0.15) is 6.04 Å². The Morgan fingerprint density at radius 3 is 2.07 bits per heavy atom. The largest absolute Gasteiger partial charge is 0.468 e. The summed E-state index contributed by atoms with van der Waals surface area (Å²) in [7, 11) is 3.22. The van der Waals surface area contributed by atoms with Gasteiger partial charge in [0.2, 0.25) is 5.91 Å². The Hall–Kier alpha value is -3.50. The molecular weight excluding hydrogens is 388 g/mol. The van der Waals surface area contributed by atoms with E-state index in [4.69, 9.17) is 0 Å². The monoisotopic (exact) mass is 410 g/mol. The first-order valence-electron chi connectivity index (χ1n) is 8.42. The summed E-state index contributed by atoms with van der Waals surface area (Å²) in [5, 5.41) is 13.3. The Kier molecular flexibility index (Phi) is 8.71. The number of methoxy groups -OCH3 is 3. The van der Waals surface area contributed by atoms with Crippen molar-refractivity contribution in [2.45, 2.75) is 19.4 Å². The molecule has 0 aliphatic rings. The molecule has 1 aromatic carbocycles. The van der Waals surface area contributed by atoms with Crippen LogP contribution >= 0.6 is 0 Å². The molecule has 0 spiro atoms. The van der Waals surface area contributed by atoms with Crippen LogP contribution in [0.15, 0.2) is 24.3 Å². The van der Waals surface area contributed by atoms with E-state index < -0.39 is 46.6 Å². The molecule has 0 fully saturated rings. The van der Waals surface area contributed by atoms with Gasteiger partial charge in [-0.25, -0.2) is 4.79 Å². The lowest BCUT2D eigenvalue weighted by Gasteiger charge is -2.27.